The summed E-state index contributed by atoms with van der Waals surface area (Å²) in [6.45, 7) is 0. The number of hydrogen-bond donors (Lipinski definition) is 1. The summed E-state index contributed by atoms with van der Waals surface area (Å²) in [7, 11) is 1.82. The van der Waals surface area contributed by atoms with E-state index in [0.29, 0.717) is 11.4 Å². The number of amides is 1. The van der Waals surface area contributed by atoms with E-state index in [1.165, 1.54) is 36.0 Å². The van der Waals surface area contributed by atoms with Crippen LogP contribution in [0.2, 0.25) is 0 Å². The van der Waals surface area contributed by atoms with E-state index in [2.05, 4.69) is 10.4 Å². The molecule has 6 heteroatoms. The van der Waals surface area contributed by atoms with Crippen LogP contribution in [-0.2, 0) is 11.8 Å². The van der Waals surface area contributed by atoms with Crippen LogP contribution in [0.15, 0.2) is 41.6 Å². The van der Waals surface area contributed by atoms with E-state index in [1.54, 1.807) is 10.9 Å². The number of thioether (sulfide) groups is 1. The molecule has 4 nitrogen and oxygen atoms in total. The van der Waals surface area contributed by atoms with Gasteiger partial charge in [0.2, 0.25) is 5.91 Å². The Bertz CT molecular complexity index is 539. The highest BCUT2D eigenvalue weighted by atomic mass is 32.2. The number of aromatic nitrogens is 2. The molecule has 0 atom stereocenters. The average Bonchev–Trinajstić information content (AvgIpc) is 2.76. The highest BCUT2D eigenvalue weighted by Gasteiger charge is 2.04. The third kappa shape index (κ3) is 3.59. The first-order chi connectivity index (χ1) is 8.63. The van der Waals surface area contributed by atoms with Crippen molar-refractivity contribution in [3.8, 4) is 0 Å². The first kappa shape index (κ1) is 12.6. The molecule has 2 aromatic rings. The van der Waals surface area contributed by atoms with Gasteiger partial charge in [-0.05, 0) is 24.3 Å². The predicted octanol–water partition coefficient (Wildman–Crippen LogP) is 2.29. The molecule has 0 fully saturated rings. The number of nitrogens with zero attached hydrogens (tertiary/aromatic N) is 2. The van der Waals surface area contributed by atoms with Crippen molar-refractivity contribution in [1.82, 2.24) is 9.78 Å². The Kier molecular flexibility index (Phi) is 3.99. The fraction of sp³-hybridized carbons (Fsp3) is 0.167. The highest BCUT2D eigenvalue weighted by Crippen LogP contribution is 2.16. The van der Waals surface area contributed by atoms with Crippen molar-refractivity contribution < 1.29 is 9.18 Å². The summed E-state index contributed by atoms with van der Waals surface area (Å²) in [6.07, 6.45) is 3.55. The molecule has 1 aromatic carbocycles. The minimum Gasteiger partial charge on any atom is -0.325 e. The minimum absolute atomic E-state index is 0.129. The summed E-state index contributed by atoms with van der Waals surface area (Å²) < 4.78 is 14.4. The van der Waals surface area contributed by atoms with Crippen molar-refractivity contribution in [1.29, 1.82) is 0 Å². The first-order valence-electron chi connectivity index (χ1n) is 5.30. The van der Waals surface area contributed by atoms with Crippen LogP contribution in [0.4, 0.5) is 10.1 Å². The lowest BCUT2D eigenvalue weighted by molar-refractivity contribution is -0.113. The summed E-state index contributed by atoms with van der Waals surface area (Å²) in [4.78, 5) is 12.6. The number of aryl methyl sites for hydroxylation is 1. The zero-order valence-electron chi connectivity index (χ0n) is 9.76. The van der Waals surface area contributed by atoms with Crippen LogP contribution in [0.5, 0.6) is 0 Å². The van der Waals surface area contributed by atoms with E-state index in [0.717, 1.165) is 4.90 Å². The molecule has 0 aliphatic carbocycles. The monoisotopic (exact) mass is 265 g/mol. The summed E-state index contributed by atoms with van der Waals surface area (Å²) in [5, 5.41) is 6.70. The van der Waals surface area contributed by atoms with Gasteiger partial charge in [0, 0.05) is 23.8 Å². The zero-order valence-corrected chi connectivity index (χ0v) is 10.6. The van der Waals surface area contributed by atoms with Gasteiger partial charge in [-0.25, -0.2) is 4.39 Å². The predicted molar refractivity (Wildman–Crippen MR) is 69.0 cm³/mol. The Morgan fingerprint density at radius 1 is 1.44 bits per heavy atom. The molecule has 2 rings (SSSR count). The molecule has 1 amide bonds. The molecule has 0 unspecified atom stereocenters. The maximum Gasteiger partial charge on any atom is 0.234 e. The summed E-state index contributed by atoms with van der Waals surface area (Å²) >= 11 is 1.40. The largest absolute Gasteiger partial charge is 0.325 e. The van der Waals surface area contributed by atoms with Crippen molar-refractivity contribution in [2.45, 2.75) is 4.90 Å². The molecule has 0 spiro atoms. The average molecular weight is 265 g/mol. The fourth-order valence-corrected chi connectivity index (χ4v) is 2.07. The Balaban J connectivity index is 1.83. The molecule has 1 aromatic heterocycles. The van der Waals surface area contributed by atoms with Crippen molar-refractivity contribution in [3.05, 3.63) is 42.5 Å². The molecule has 0 aliphatic heterocycles. The Morgan fingerprint density at radius 2 is 2.17 bits per heavy atom. The van der Waals surface area contributed by atoms with Crippen LogP contribution in [0, 0.1) is 5.82 Å². The summed E-state index contributed by atoms with van der Waals surface area (Å²) in [5.41, 5.74) is 0.591. The van der Waals surface area contributed by atoms with Gasteiger partial charge in [-0.3, -0.25) is 9.48 Å². The standard InChI is InChI=1S/C12H12FN3OS/c1-16-7-11(6-14-16)18-8-12(17)15-10-4-2-9(13)3-5-10/h2-7H,8H2,1H3,(H,15,17). The Hall–Kier alpha value is -1.82. The summed E-state index contributed by atoms with van der Waals surface area (Å²) in [5.74, 6) is -0.156. The second kappa shape index (κ2) is 5.68. The Morgan fingerprint density at radius 3 is 2.78 bits per heavy atom. The number of halogens is 1. The molecule has 94 valence electrons. The van der Waals surface area contributed by atoms with Crippen molar-refractivity contribution >= 4 is 23.4 Å². The normalized spacial score (nSPS) is 10.3. The number of benzene rings is 1. The first-order valence-corrected chi connectivity index (χ1v) is 6.29. The Labute approximate surface area is 108 Å². The number of nitrogens with one attached hydrogen (secondary N) is 1. The smallest absolute Gasteiger partial charge is 0.234 e. The number of hydrogen-bond acceptors (Lipinski definition) is 3. The SMILES string of the molecule is Cn1cc(SCC(=O)Nc2ccc(F)cc2)cn1. The third-order valence-corrected chi connectivity index (χ3v) is 3.13. The van der Waals surface area contributed by atoms with Gasteiger partial charge in [0.25, 0.3) is 0 Å². The molecule has 18 heavy (non-hydrogen) atoms. The molecule has 0 radical (unpaired) electrons. The second-order valence-corrected chi connectivity index (χ2v) is 4.74. The van der Waals surface area contributed by atoms with E-state index in [-0.39, 0.29) is 11.7 Å². The van der Waals surface area contributed by atoms with Gasteiger partial charge >= 0.3 is 0 Å². The van der Waals surface area contributed by atoms with Crippen molar-refractivity contribution in [3.63, 3.8) is 0 Å². The quantitative estimate of drug-likeness (QED) is 0.863. The molecule has 0 saturated heterocycles. The lowest BCUT2D eigenvalue weighted by atomic mass is 10.3. The van der Waals surface area contributed by atoms with Gasteiger partial charge in [-0.15, -0.1) is 11.8 Å². The lowest BCUT2D eigenvalue weighted by Gasteiger charge is -2.03. The number of carbonyl (C=O) groups excluding carboxylic acids is 1. The van der Waals surface area contributed by atoms with E-state index >= 15 is 0 Å². The minimum atomic E-state index is -0.322. The summed E-state index contributed by atoms with van der Waals surface area (Å²) in [6, 6.07) is 5.68. The molecule has 0 bridgehead atoms. The van der Waals surface area contributed by atoms with Gasteiger partial charge in [0.05, 0.1) is 11.9 Å². The van der Waals surface area contributed by atoms with Gasteiger partial charge in [0.15, 0.2) is 0 Å². The van der Waals surface area contributed by atoms with E-state index in [1.807, 2.05) is 13.2 Å². The fourth-order valence-electron chi connectivity index (χ4n) is 1.35. The van der Waals surface area contributed by atoms with Crippen LogP contribution in [0.3, 0.4) is 0 Å². The molecular formula is C12H12FN3OS. The zero-order chi connectivity index (χ0) is 13.0. The second-order valence-electron chi connectivity index (χ2n) is 3.69. The van der Waals surface area contributed by atoms with Crippen LogP contribution < -0.4 is 5.32 Å². The maximum absolute atomic E-state index is 12.7. The van der Waals surface area contributed by atoms with Crippen molar-refractivity contribution in [2.24, 2.45) is 7.05 Å². The molecule has 1 N–H and O–H groups in total. The molecular weight excluding hydrogens is 253 g/mol. The van der Waals surface area contributed by atoms with Crippen LogP contribution in [-0.4, -0.2) is 21.4 Å². The van der Waals surface area contributed by atoms with Gasteiger partial charge in [-0.2, -0.15) is 5.10 Å². The number of carbonyl (C=O) groups is 1. The number of anilines is 1. The topological polar surface area (TPSA) is 46.9 Å². The third-order valence-electron chi connectivity index (χ3n) is 2.18. The van der Waals surface area contributed by atoms with Crippen molar-refractivity contribution in [2.75, 3.05) is 11.1 Å². The van der Waals surface area contributed by atoms with Crippen LogP contribution >= 0.6 is 11.8 Å². The van der Waals surface area contributed by atoms with Gasteiger partial charge in [0.1, 0.15) is 5.82 Å². The van der Waals surface area contributed by atoms with Crippen LogP contribution in [0.25, 0.3) is 0 Å². The number of rotatable bonds is 4. The van der Waals surface area contributed by atoms with Crippen LogP contribution in [0.1, 0.15) is 0 Å². The highest BCUT2D eigenvalue weighted by molar-refractivity contribution is 8.00. The molecule has 1 heterocycles. The lowest BCUT2D eigenvalue weighted by Crippen LogP contribution is -2.13. The van der Waals surface area contributed by atoms with E-state index in [9.17, 15) is 9.18 Å². The van der Waals surface area contributed by atoms with E-state index in [4.69, 9.17) is 0 Å². The molecule has 0 aliphatic rings. The van der Waals surface area contributed by atoms with E-state index < -0.39 is 0 Å². The van der Waals surface area contributed by atoms with Gasteiger partial charge in [-0.1, -0.05) is 0 Å². The molecule has 0 saturated carbocycles. The maximum atomic E-state index is 12.7. The van der Waals surface area contributed by atoms with Gasteiger partial charge < -0.3 is 5.32 Å².